The molecule has 0 aromatic heterocycles. The minimum Gasteiger partial charge on any atom is -0.342 e. The molecule has 0 fully saturated rings. The molecular weight excluding hydrogens is 214 g/mol. The lowest BCUT2D eigenvalue weighted by molar-refractivity contribution is -0.129. The van der Waals surface area contributed by atoms with Gasteiger partial charge in [0.1, 0.15) is 0 Å². The van der Waals surface area contributed by atoms with Gasteiger partial charge in [-0.3, -0.25) is 4.79 Å². The molecule has 17 heavy (non-hydrogen) atoms. The van der Waals surface area contributed by atoms with Crippen molar-refractivity contribution in [3.05, 3.63) is 0 Å². The molecule has 0 aliphatic rings. The van der Waals surface area contributed by atoms with Crippen LogP contribution >= 0.6 is 0 Å². The Balaban J connectivity index is 3.67. The maximum Gasteiger partial charge on any atom is 0.236 e. The topological polar surface area (TPSA) is 35.6 Å². The molecule has 0 bridgehead atoms. The highest BCUT2D eigenvalue weighted by molar-refractivity contribution is 5.78. The molecule has 0 rings (SSSR count). The molecule has 0 radical (unpaired) electrons. The molecule has 0 saturated carbocycles. The van der Waals surface area contributed by atoms with Gasteiger partial charge in [0, 0.05) is 32.2 Å². The minimum atomic E-state index is 0.196. The second-order valence-corrected chi connectivity index (χ2v) is 4.48. The maximum atomic E-state index is 11.7. The average Bonchev–Trinajstić information content (AvgIpc) is 2.34. The van der Waals surface area contributed by atoms with Crippen molar-refractivity contribution in [2.75, 3.05) is 39.8 Å². The smallest absolute Gasteiger partial charge is 0.236 e. The van der Waals surface area contributed by atoms with Gasteiger partial charge in [-0.1, -0.05) is 6.92 Å². The molecule has 1 amide bonds. The van der Waals surface area contributed by atoms with Gasteiger partial charge in [-0.15, -0.1) is 0 Å². The van der Waals surface area contributed by atoms with Crippen molar-refractivity contribution >= 4 is 5.91 Å². The predicted molar refractivity (Wildman–Crippen MR) is 73.2 cm³/mol. The summed E-state index contributed by atoms with van der Waals surface area (Å²) < 4.78 is 0. The third kappa shape index (κ3) is 6.64. The third-order valence-corrected chi connectivity index (χ3v) is 3.38. The minimum absolute atomic E-state index is 0.196. The van der Waals surface area contributed by atoms with E-state index in [1.165, 1.54) is 0 Å². The van der Waals surface area contributed by atoms with Gasteiger partial charge in [-0.2, -0.15) is 0 Å². The van der Waals surface area contributed by atoms with Crippen LogP contribution in [-0.2, 0) is 4.79 Å². The molecule has 0 spiro atoms. The van der Waals surface area contributed by atoms with Crippen LogP contribution in [-0.4, -0.2) is 61.5 Å². The van der Waals surface area contributed by atoms with Crippen LogP contribution in [0.15, 0.2) is 0 Å². The standard InChI is InChI=1S/C13H29N3O/c1-6-12(4)15(5)10-9-14-11-13(17)16(7-2)8-3/h12,14H,6-11H2,1-5H3. The lowest BCUT2D eigenvalue weighted by atomic mass is 10.2. The molecule has 4 heteroatoms. The number of hydrogen-bond donors (Lipinski definition) is 1. The van der Waals surface area contributed by atoms with E-state index in [4.69, 9.17) is 0 Å². The Kier molecular flexibility index (Phi) is 9.09. The number of amides is 1. The van der Waals surface area contributed by atoms with E-state index >= 15 is 0 Å². The fourth-order valence-corrected chi connectivity index (χ4v) is 1.67. The fraction of sp³-hybridized carbons (Fsp3) is 0.923. The van der Waals surface area contributed by atoms with E-state index in [1.54, 1.807) is 0 Å². The summed E-state index contributed by atoms with van der Waals surface area (Å²) in [6.45, 7) is 12.3. The first-order chi connectivity index (χ1) is 8.06. The van der Waals surface area contributed by atoms with E-state index in [1.807, 2.05) is 18.7 Å². The number of carbonyl (C=O) groups excluding carboxylic acids is 1. The highest BCUT2D eigenvalue weighted by Crippen LogP contribution is 1.98. The van der Waals surface area contributed by atoms with Gasteiger partial charge in [-0.05, 0) is 34.2 Å². The zero-order valence-corrected chi connectivity index (χ0v) is 12.1. The molecule has 4 nitrogen and oxygen atoms in total. The number of nitrogens with zero attached hydrogens (tertiary/aromatic N) is 2. The summed E-state index contributed by atoms with van der Waals surface area (Å²) in [5, 5.41) is 3.21. The lowest BCUT2D eigenvalue weighted by Gasteiger charge is -2.24. The fourth-order valence-electron chi connectivity index (χ4n) is 1.67. The molecule has 0 aromatic rings. The number of rotatable bonds is 9. The monoisotopic (exact) mass is 243 g/mol. The zero-order chi connectivity index (χ0) is 13.3. The van der Waals surface area contributed by atoms with Gasteiger partial charge in [0.15, 0.2) is 0 Å². The van der Waals surface area contributed by atoms with Crippen LogP contribution in [0, 0.1) is 0 Å². The van der Waals surface area contributed by atoms with Crippen LogP contribution in [0.1, 0.15) is 34.1 Å². The number of hydrogen-bond acceptors (Lipinski definition) is 3. The second-order valence-electron chi connectivity index (χ2n) is 4.48. The first-order valence-electron chi connectivity index (χ1n) is 6.75. The van der Waals surface area contributed by atoms with Gasteiger partial charge >= 0.3 is 0 Å². The highest BCUT2D eigenvalue weighted by Gasteiger charge is 2.09. The summed E-state index contributed by atoms with van der Waals surface area (Å²) in [5.41, 5.74) is 0. The van der Waals surface area contributed by atoms with Gasteiger partial charge in [0.05, 0.1) is 6.54 Å². The first-order valence-corrected chi connectivity index (χ1v) is 6.75. The highest BCUT2D eigenvalue weighted by atomic mass is 16.2. The van der Waals surface area contributed by atoms with Gasteiger partial charge in [0.2, 0.25) is 5.91 Å². The SMILES string of the molecule is CCC(C)N(C)CCNCC(=O)N(CC)CC. The zero-order valence-electron chi connectivity index (χ0n) is 12.1. The van der Waals surface area contributed by atoms with Crippen molar-refractivity contribution in [2.45, 2.75) is 40.2 Å². The second kappa shape index (κ2) is 9.42. The normalized spacial score (nSPS) is 12.8. The van der Waals surface area contributed by atoms with Crippen LogP contribution in [0.2, 0.25) is 0 Å². The quantitative estimate of drug-likeness (QED) is 0.618. The largest absolute Gasteiger partial charge is 0.342 e. The predicted octanol–water partition coefficient (Wildman–Crippen LogP) is 1.17. The van der Waals surface area contributed by atoms with E-state index < -0.39 is 0 Å². The Hall–Kier alpha value is -0.610. The molecule has 1 unspecified atom stereocenters. The van der Waals surface area contributed by atoms with Crippen molar-refractivity contribution in [3.8, 4) is 0 Å². The van der Waals surface area contributed by atoms with Crippen LogP contribution in [0.5, 0.6) is 0 Å². The van der Waals surface area contributed by atoms with Crippen LogP contribution < -0.4 is 5.32 Å². The summed E-state index contributed by atoms with van der Waals surface area (Å²) >= 11 is 0. The van der Waals surface area contributed by atoms with Crippen molar-refractivity contribution in [2.24, 2.45) is 0 Å². The molecule has 1 atom stereocenters. The Bertz CT molecular complexity index is 205. The third-order valence-electron chi connectivity index (χ3n) is 3.38. The molecule has 0 aliphatic carbocycles. The maximum absolute atomic E-state index is 11.7. The van der Waals surface area contributed by atoms with Gasteiger partial charge in [0.25, 0.3) is 0 Å². The van der Waals surface area contributed by atoms with Crippen LogP contribution in [0.4, 0.5) is 0 Å². The molecule has 102 valence electrons. The van der Waals surface area contributed by atoms with E-state index in [2.05, 4.69) is 31.1 Å². The van der Waals surface area contributed by atoms with Gasteiger partial charge in [-0.25, -0.2) is 0 Å². The van der Waals surface area contributed by atoms with E-state index in [0.717, 1.165) is 32.6 Å². The van der Waals surface area contributed by atoms with Crippen molar-refractivity contribution < 1.29 is 4.79 Å². The molecule has 1 N–H and O–H groups in total. The number of nitrogens with one attached hydrogen (secondary N) is 1. The van der Waals surface area contributed by atoms with E-state index in [9.17, 15) is 4.79 Å². The van der Waals surface area contributed by atoms with Crippen LogP contribution in [0.25, 0.3) is 0 Å². The Labute approximate surface area is 106 Å². The summed E-state index contributed by atoms with van der Waals surface area (Å²) in [6.07, 6.45) is 1.16. The number of carbonyl (C=O) groups is 1. The average molecular weight is 243 g/mol. The summed E-state index contributed by atoms with van der Waals surface area (Å²) in [7, 11) is 2.13. The Morgan fingerprint density at radius 2 is 1.82 bits per heavy atom. The Morgan fingerprint density at radius 3 is 2.29 bits per heavy atom. The first kappa shape index (κ1) is 16.4. The molecular formula is C13H29N3O. The van der Waals surface area contributed by atoms with Gasteiger partial charge < -0.3 is 15.1 Å². The summed E-state index contributed by atoms with van der Waals surface area (Å²) in [6, 6.07) is 0.607. The van der Waals surface area contributed by atoms with Crippen molar-refractivity contribution in [1.29, 1.82) is 0 Å². The lowest BCUT2D eigenvalue weighted by Crippen LogP contribution is -2.41. The van der Waals surface area contributed by atoms with E-state index in [0.29, 0.717) is 12.6 Å². The molecule has 0 heterocycles. The summed E-state index contributed by atoms with van der Waals surface area (Å²) in [4.78, 5) is 15.9. The molecule has 0 aromatic carbocycles. The summed E-state index contributed by atoms with van der Waals surface area (Å²) in [5.74, 6) is 0.196. The molecule has 0 aliphatic heterocycles. The van der Waals surface area contributed by atoms with Crippen molar-refractivity contribution in [1.82, 2.24) is 15.1 Å². The number of likely N-dealkylation sites (N-methyl/N-ethyl adjacent to an activating group) is 2. The molecule has 0 saturated heterocycles. The Morgan fingerprint density at radius 1 is 1.24 bits per heavy atom. The van der Waals surface area contributed by atoms with E-state index in [-0.39, 0.29) is 5.91 Å². The van der Waals surface area contributed by atoms with Crippen LogP contribution in [0.3, 0.4) is 0 Å². The van der Waals surface area contributed by atoms with Crippen molar-refractivity contribution in [3.63, 3.8) is 0 Å².